The van der Waals surface area contributed by atoms with Gasteiger partial charge in [0.05, 0.1) is 20.9 Å². The third kappa shape index (κ3) is 5.30. The number of aromatic amines is 1. The van der Waals surface area contributed by atoms with Crippen molar-refractivity contribution in [2.45, 2.75) is 54.8 Å². The molecule has 158 valence electrons. The Kier molecular flexibility index (Phi) is 7.20. The van der Waals surface area contributed by atoms with E-state index in [4.69, 9.17) is 11.6 Å². The lowest BCUT2D eigenvalue weighted by molar-refractivity contribution is -0.115. The van der Waals surface area contributed by atoms with Crippen LogP contribution in [0.2, 0.25) is 5.02 Å². The highest BCUT2D eigenvalue weighted by molar-refractivity contribution is 8.00. The highest BCUT2D eigenvalue weighted by Crippen LogP contribution is 2.29. The second-order valence-electron chi connectivity index (χ2n) is 6.77. The topological polar surface area (TPSA) is 108 Å². The number of sulfonamides is 1. The molecule has 0 aliphatic carbocycles. The summed E-state index contributed by atoms with van der Waals surface area (Å²) in [7, 11) is -3.61. The molecule has 11 heteroatoms. The maximum absolute atomic E-state index is 12.9. The summed E-state index contributed by atoms with van der Waals surface area (Å²) in [6.07, 6.45) is 3.47. The number of aryl methyl sites for hydroxylation is 1. The number of rotatable bonds is 7. The molecule has 0 unspecified atom stereocenters. The molecule has 1 amide bonds. The van der Waals surface area contributed by atoms with E-state index >= 15 is 0 Å². The van der Waals surface area contributed by atoms with Crippen LogP contribution < -0.4 is 5.32 Å². The summed E-state index contributed by atoms with van der Waals surface area (Å²) in [4.78, 5) is 17.0. The van der Waals surface area contributed by atoms with E-state index in [-0.39, 0.29) is 21.5 Å². The molecular formula is C18H24ClN5O3S2. The van der Waals surface area contributed by atoms with Gasteiger partial charge in [-0.1, -0.05) is 36.7 Å². The van der Waals surface area contributed by atoms with Crippen LogP contribution in [0.1, 0.15) is 38.9 Å². The molecular weight excluding hydrogens is 434 g/mol. The van der Waals surface area contributed by atoms with Crippen LogP contribution in [0, 0.1) is 0 Å². The SMILES string of the molecule is CCc1nc(S[C@H](C)C(=O)Nc2cc(S(=O)(=O)N3CCCCC3)ccc2Cl)n[nH]1. The number of nitrogens with one attached hydrogen (secondary N) is 2. The number of carbonyl (C=O) groups excluding carboxylic acids is 1. The lowest BCUT2D eigenvalue weighted by Gasteiger charge is -2.26. The van der Waals surface area contributed by atoms with Crippen LogP contribution in [0.15, 0.2) is 28.3 Å². The summed E-state index contributed by atoms with van der Waals surface area (Å²) >= 11 is 7.41. The normalized spacial score (nSPS) is 16.5. The van der Waals surface area contributed by atoms with Crippen LogP contribution in [0.3, 0.4) is 0 Å². The van der Waals surface area contributed by atoms with Crippen LogP contribution >= 0.6 is 23.4 Å². The number of piperidine rings is 1. The Hall–Kier alpha value is -1.62. The minimum atomic E-state index is -3.61. The van der Waals surface area contributed by atoms with Gasteiger partial charge in [0.2, 0.25) is 21.1 Å². The monoisotopic (exact) mass is 457 g/mol. The van der Waals surface area contributed by atoms with E-state index in [9.17, 15) is 13.2 Å². The fourth-order valence-corrected chi connectivity index (χ4v) is 5.40. The van der Waals surface area contributed by atoms with Crippen LogP contribution in [-0.4, -0.2) is 52.2 Å². The molecule has 1 aromatic carbocycles. The number of H-pyrrole nitrogens is 1. The zero-order chi connectivity index (χ0) is 21.0. The Morgan fingerprint density at radius 3 is 2.72 bits per heavy atom. The lowest BCUT2D eigenvalue weighted by Crippen LogP contribution is -2.35. The highest BCUT2D eigenvalue weighted by Gasteiger charge is 2.27. The second-order valence-corrected chi connectivity index (χ2v) is 10.4. The van der Waals surface area contributed by atoms with Crippen LogP contribution in [0.5, 0.6) is 0 Å². The number of hydrogen-bond donors (Lipinski definition) is 2. The molecule has 1 atom stereocenters. The lowest BCUT2D eigenvalue weighted by atomic mass is 10.2. The van der Waals surface area contributed by atoms with Gasteiger partial charge in [0, 0.05) is 19.5 Å². The van der Waals surface area contributed by atoms with Gasteiger partial charge >= 0.3 is 0 Å². The zero-order valence-corrected chi connectivity index (χ0v) is 18.7. The molecule has 1 aliphatic rings. The first kappa shape index (κ1) is 22.1. The summed E-state index contributed by atoms with van der Waals surface area (Å²) in [6.45, 7) is 4.70. The number of anilines is 1. The third-order valence-corrected chi connectivity index (χ3v) is 7.83. The molecule has 8 nitrogen and oxygen atoms in total. The zero-order valence-electron chi connectivity index (χ0n) is 16.3. The van der Waals surface area contributed by atoms with Gasteiger partial charge in [-0.3, -0.25) is 9.89 Å². The molecule has 0 saturated carbocycles. The van der Waals surface area contributed by atoms with Gasteiger partial charge in [0.25, 0.3) is 0 Å². The van der Waals surface area contributed by atoms with Gasteiger partial charge in [-0.05, 0) is 38.0 Å². The molecule has 0 spiro atoms. The first-order valence-electron chi connectivity index (χ1n) is 9.49. The van der Waals surface area contributed by atoms with Crippen molar-refractivity contribution in [3.05, 3.63) is 29.0 Å². The van der Waals surface area contributed by atoms with Gasteiger partial charge in [-0.25, -0.2) is 13.4 Å². The Morgan fingerprint density at radius 1 is 1.34 bits per heavy atom. The molecule has 1 aromatic heterocycles. The average molecular weight is 458 g/mol. The van der Waals surface area contributed by atoms with E-state index in [1.807, 2.05) is 6.92 Å². The number of amides is 1. The molecule has 2 aromatic rings. The van der Waals surface area contributed by atoms with E-state index in [0.29, 0.717) is 18.2 Å². The Balaban J connectivity index is 1.73. The first-order valence-corrected chi connectivity index (χ1v) is 12.2. The van der Waals surface area contributed by atoms with E-state index in [0.717, 1.165) is 31.5 Å². The fourth-order valence-electron chi connectivity index (χ4n) is 2.95. The highest BCUT2D eigenvalue weighted by atomic mass is 35.5. The summed E-state index contributed by atoms with van der Waals surface area (Å²) in [6, 6.07) is 4.39. The van der Waals surface area contributed by atoms with Gasteiger partial charge in [-0.2, -0.15) is 4.31 Å². The molecule has 1 saturated heterocycles. The fraction of sp³-hybridized carbons (Fsp3) is 0.500. The van der Waals surface area contributed by atoms with E-state index in [1.165, 1.54) is 34.3 Å². The molecule has 29 heavy (non-hydrogen) atoms. The quantitative estimate of drug-likeness (QED) is 0.617. The van der Waals surface area contributed by atoms with Gasteiger partial charge in [0.15, 0.2) is 0 Å². The number of benzene rings is 1. The van der Waals surface area contributed by atoms with Crippen LogP contribution in [0.4, 0.5) is 5.69 Å². The predicted octanol–water partition coefficient (Wildman–Crippen LogP) is 3.31. The molecule has 1 fully saturated rings. The standard InChI is InChI=1S/C18H24ClN5O3S2/c1-3-16-21-18(23-22-16)28-12(2)17(25)20-15-11-13(7-8-14(15)19)29(26,27)24-9-5-4-6-10-24/h7-8,11-12H,3-6,9-10H2,1-2H3,(H,20,25)(H,21,22,23)/t12-/m1/s1. The van der Waals surface area contributed by atoms with Crippen molar-refractivity contribution in [3.8, 4) is 0 Å². The van der Waals surface area contributed by atoms with E-state index < -0.39 is 15.3 Å². The smallest absolute Gasteiger partial charge is 0.243 e. The second kappa shape index (κ2) is 9.46. The molecule has 2 N–H and O–H groups in total. The van der Waals surface area contributed by atoms with Crippen molar-refractivity contribution in [1.82, 2.24) is 19.5 Å². The van der Waals surface area contributed by atoms with Crippen molar-refractivity contribution < 1.29 is 13.2 Å². The van der Waals surface area contributed by atoms with Gasteiger partial charge in [0.1, 0.15) is 5.82 Å². The number of hydrogen-bond acceptors (Lipinski definition) is 6. The molecule has 3 rings (SSSR count). The molecule has 2 heterocycles. The van der Waals surface area contributed by atoms with Crippen molar-refractivity contribution in [2.75, 3.05) is 18.4 Å². The summed E-state index contributed by atoms with van der Waals surface area (Å²) in [5, 5.41) is 9.87. The van der Waals surface area contributed by atoms with Gasteiger partial charge in [-0.15, -0.1) is 5.10 Å². The molecule has 0 radical (unpaired) electrons. The largest absolute Gasteiger partial charge is 0.324 e. The van der Waals surface area contributed by atoms with Crippen LogP contribution in [-0.2, 0) is 21.2 Å². The summed E-state index contributed by atoms with van der Waals surface area (Å²) < 4.78 is 27.3. The number of nitrogens with zero attached hydrogens (tertiary/aromatic N) is 3. The Bertz CT molecular complexity index is 974. The number of halogens is 1. The first-order chi connectivity index (χ1) is 13.8. The number of carbonyl (C=O) groups is 1. The minimum Gasteiger partial charge on any atom is -0.324 e. The van der Waals surface area contributed by atoms with E-state index in [1.54, 1.807) is 6.92 Å². The molecule has 0 bridgehead atoms. The minimum absolute atomic E-state index is 0.126. The Morgan fingerprint density at radius 2 is 2.07 bits per heavy atom. The summed E-state index contributed by atoms with van der Waals surface area (Å²) in [5.41, 5.74) is 0.270. The van der Waals surface area contributed by atoms with Crippen molar-refractivity contribution in [1.29, 1.82) is 0 Å². The van der Waals surface area contributed by atoms with E-state index in [2.05, 4.69) is 20.5 Å². The van der Waals surface area contributed by atoms with Crippen LogP contribution in [0.25, 0.3) is 0 Å². The average Bonchev–Trinajstić information content (AvgIpc) is 3.17. The third-order valence-electron chi connectivity index (χ3n) is 4.65. The summed E-state index contributed by atoms with van der Waals surface area (Å²) in [5.74, 6) is 0.436. The maximum atomic E-state index is 12.9. The number of aromatic nitrogens is 3. The maximum Gasteiger partial charge on any atom is 0.243 e. The van der Waals surface area contributed by atoms with Crippen molar-refractivity contribution >= 4 is 45.0 Å². The number of thioether (sulfide) groups is 1. The Labute approximate surface area is 179 Å². The van der Waals surface area contributed by atoms with Crippen molar-refractivity contribution in [2.24, 2.45) is 0 Å². The predicted molar refractivity (Wildman–Crippen MR) is 114 cm³/mol. The van der Waals surface area contributed by atoms with Crippen molar-refractivity contribution in [3.63, 3.8) is 0 Å². The van der Waals surface area contributed by atoms with Gasteiger partial charge < -0.3 is 5.32 Å². The molecule has 1 aliphatic heterocycles.